The standard InChI is InChI=1S/C22H12Cl2F5N3O3/c23-13-3-1-10(5-14(13)24)7-32-8-11(6-30-32)31-22(33)15-4-2-12(35-15)9-34-21-19(28)17(26)16(25)18(27)20(21)29/h1-6,8H,7,9H2,(H,31,33). The van der Waals surface area contributed by atoms with Crippen molar-refractivity contribution >= 4 is 34.8 Å². The Kier molecular flexibility index (Phi) is 6.99. The second-order valence-electron chi connectivity index (χ2n) is 7.08. The molecule has 2 heterocycles. The second kappa shape index (κ2) is 9.96. The minimum absolute atomic E-state index is 0.102. The van der Waals surface area contributed by atoms with Gasteiger partial charge in [0.2, 0.25) is 29.1 Å². The monoisotopic (exact) mass is 531 g/mol. The predicted octanol–water partition coefficient (Wildman–Crippen LogP) is 6.36. The summed E-state index contributed by atoms with van der Waals surface area (Å²) < 4.78 is 78.5. The zero-order valence-electron chi connectivity index (χ0n) is 17.2. The summed E-state index contributed by atoms with van der Waals surface area (Å²) in [5.74, 6) is -13.3. The Morgan fingerprint density at radius 3 is 2.34 bits per heavy atom. The summed E-state index contributed by atoms with van der Waals surface area (Å²) in [6.45, 7) is -0.347. The molecule has 0 unspecified atom stereocenters. The van der Waals surface area contributed by atoms with Gasteiger partial charge in [0.25, 0.3) is 5.91 Å². The molecule has 0 spiro atoms. The van der Waals surface area contributed by atoms with E-state index in [2.05, 4.69) is 10.4 Å². The number of benzene rings is 2. The van der Waals surface area contributed by atoms with Gasteiger partial charge in [-0.2, -0.15) is 13.9 Å². The Balaban J connectivity index is 1.38. The smallest absolute Gasteiger partial charge is 0.291 e. The van der Waals surface area contributed by atoms with Gasteiger partial charge in [-0.05, 0) is 29.8 Å². The third-order valence-electron chi connectivity index (χ3n) is 4.63. The Bertz CT molecular complexity index is 1390. The summed E-state index contributed by atoms with van der Waals surface area (Å²) in [4.78, 5) is 12.4. The number of ether oxygens (including phenoxy) is 1. The van der Waals surface area contributed by atoms with Gasteiger partial charge in [0.1, 0.15) is 12.4 Å². The number of hydrogen-bond acceptors (Lipinski definition) is 4. The van der Waals surface area contributed by atoms with Crippen molar-refractivity contribution in [2.75, 3.05) is 5.32 Å². The number of amides is 1. The van der Waals surface area contributed by atoms with Crippen LogP contribution in [0, 0.1) is 29.1 Å². The van der Waals surface area contributed by atoms with Gasteiger partial charge in [0.15, 0.2) is 11.5 Å². The van der Waals surface area contributed by atoms with Crippen molar-refractivity contribution in [2.24, 2.45) is 0 Å². The summed E-state index contributed by atoms with van der Waals surface area (Å²) in [7, 11) is 0. The zero-order valence-corrected chi connectivity index (χ0v) is 18.7. The number of hydrogen-bond donors (Lipinski definition) is 1. The minimum atomic E-state index is -2.30. The molecule has 0 aliphatic heterocycles. The van der Waals surface area contributed by atoms with Crippen molar-refractivity contribution in [3.8, 4) is 5.75 Å². The average Bonchev–Trinajstić information content (AvgIpc) is 3.48. The van der Waals surface area contributed by atoms with Gasteiger partial charge in [-0.25, -0.2) is 13.2 Å². The maximum Gasteiger partial charge on any atom is 0.291 e. The van der Waals surface area contributed by atoms with Crippen LogP contribution in [0.1, 0.15) is 21.9 Å². The van der Waals surface area contributed by atoms with E-state index in [0.717, 1.165) is 5.56 Å². The lowest BCUT2D eigenvalue weighted by Gasteiger charge is -2.09. The molecule has 0 bridgehead atoms. The second-order valence-corrected chi connectivity index (χ2v) is 7.90. The first kappa shape index (κ1) is 24.6. The first-order valence-electron chi connectivity index (χ1n) is 9.64. The molecule has 1 amide bonds. The molecule has 35 heavy (non-hydrogen) atoms. The highest BCUT2D eigenvalue weighted by molar-refractivity contribution is 6.42. The highest BCUT2D eigenvalue weighted by Gasteiger charge is 2.27. The Morgan fingerprint density at radius 1 is 0.971 bits per heavy atom. The third kappa shape index (κ3) is 5.25. The molecule has 182 valence electrons. The number of aromatic nitrogens is 2. The fourth-order valence-electron chi connectivity index (χ4n) is 2.96. The van der Waals surface area contributed by atoms with Crippen LogP contribution in [-0.4, -0.2) is 15.7 Å². The molecular weight excluding hydrogens is 520 g/mol. The van der Waals surface area contributed by atoms with Gasteiger partial charge in [-0.3, -0.25) is 9.48 Å². The molecule has 0 fully saturated rings. The lowest BCUT2D eigenvalue weighted by Crippen LogP contribution is -2.10. The maximum absolute atomic E-state index is 13.7. The topological polar surface area (TPSA) is 69.3 Å². The van der Waals surface area contributed by atoms with Crippen LogP contribution in [0.3, 0.4) is 0 Å². The highest BCUT2D eigenvalue weighted by atomic mass is 35.5. The fraction of sp³-hybridized carbons (Fsp3) is 0.0909. The fourth-order valence-corrected chi connectivity index (χ4v) is 3.29. The Labute approximate surface area is 203 Å². The quantitative estimate of drug-likeness (QED) is 0.171. The molecule has 6 nitrogen and oxygen atoms in total. The van der Waals surface area contributed by atoms with E-state index >= 15 is 0 Å². The number of furan rings is 1. The lowest BCUT2D eigenvalue weighted by atomic mass is 10.2. The number of carbonyl (C=O) groups is 1. The van der Waals surface area contributed by atoms with Crippen LogP contribution in [0.2, 0.25) is 10.0 Å². The van der Waals surface area contributed by atoms with E-state index in [9.17, 15) is 26.7 Å². The van der Waals surface area contributed by atoms with Crippen LogP contribution >= 0.6 is 23.2 Å². The van der Waals surface area contributed by atoms with Crippen molar-refractivity contribution in [2.45, 2.75) is 13.2 Å². The van der Waals surface area contributed by atoms with Crippen molar-refractivity contribution in [3.63, 3.8) is 0 Å². The molecule has 4 rings (SSSR count). The highest BCUT2D eigenvalue weighted by Crippen LogP contribution is 2.30. The van der Waals surface area contributed by atoms with E-state index in [-0.39, 0.29) is 11.5 Å². The summed E-state index contributed by atoms with van der Waals surface area (Å²) >= 11 is 11.9. The molecule has 0 aliphatic carbocycles. The van der Waals surface area contributed by atoms with Gasteiger partial charge in [-0.1, -0.05) is 29.3 Å². The molecule has 0 saturated heterocycles. The number of nitrogens with one attached hydrogen (secondary N) is 1. The van der Waals surface area contributed by atoms with Crippen molar-refractivity contribution in [3.05, 3.63) is 98.9 Å². The molecule has 0 radical (unpaired) electrons. The molecule has 0 atom stereocenters. The molecule has 1 N–H and O–H groups in total. The number of nitrogens with zero attached hydrogens (tertiary/aromatic N) is 2. The van der Waals surface area contributed by atoms with Gasteiger partial charge in [-0.15, -0.1) is 0 Å². The molecule has 13 heteroatoms. The zero-order chi connectivity index (χ0) is 25.3. The number of carbonyl (C=O) groups excluding carboxylic acids is 1. The minimum Gasteiger partial charge on any atom is -0.479 e. The summed E-state index contributed by atoms with van der Waals surface area (Å²) in [6, 6.07) is 7.59. The Hall–Kier alpha value is -3.57. The van der Waals surface area contributed by atoms with Crippen LogP contribution in [-0.2, 0) is 13.2 Å². The first-order valence-corrected chi connectivity index (χ1v) is 10.4. The van der Waals surface area contributed by atoms with E-state index < -0.39 is 47.3 Å². The van der Waals surface area contributed by atoms with Gasteiger partial charge < -0.3 is 14.5 Å². The van der Waals surface area contributed by atoms with Crippen molar-refractivity contribution in [1.82, 2.24) is 9.78 Å². The van der Waals surface area contributed by atoms with Gasteiger partial charge >= 0.3 is 0 Å². The Morgan fingerprint density at radius 2 is 1.66 bits per heavy atom. The average molecular weight is 532 g/mol. The van der Waals surface area contributed by atoms with E-state index in [1.54, 1.807) is 29.1 Å². The summed E-state index contributed by atoms with van der Waals surface area (Å²) in [6.07, 6.45) is 2.95. The van der Waals surface area contributed by atoms with E-state index in [1.165, 1.54) is 18.3 Å². The predicted molar refractivity (Wildman–Crippen MR) is 115 cm³/mol. The van der Waals surface area contributed by atoms with Crippen molar-refractivity contribution < 1.29 is 35.9 Å². The van der Waals surface area contributed by atoms with E-state index in [0.29, 0.717) is 22.3 Å². The largest absolute Gasteiger partial charge is 0.479 e. The molecule has 0 saturated carbocycles. The van der Waals surface area contributed by atoms with Gasteiger partial charge in [0, 0.05) is 6.20 Å². The lowest BCUT2D eigenvalue weighted by molar-refractivity contribution is 0.0992. The van der Waals surface area contributed by atoms with E-state index in [1.807, 2.05) is 0 Å². The van der Waals surface area contributed by atoms with Gasteiger partial charge in [0.05, 0.1) is 28.5 Å². The normalized spacial score (nSPS) is 11.1. The number of halogens is 7. The summed E-state index contributed by atoms with van der Waals surface area (Å²) in [5, 5.41) is 7.49. The molecule has 4 aromatic rings. The van der Waals surface area contributed by atoms with Crippen LogP contribution in [0.5, 0.6) is 5.75 Å². The van der Waals surface area contributed by atoms with Crippen molar-refractivity contribution in [1.29, 1.82) is 0 Å². The molecule has 0 aliphatic rings. The number of rotatable bonds is 7. The molecule has 2 aromatic heterocycles. The van der Waals surface area contributed by atoms with Crippen LogP contribution in [0.15, 0.2) is 47.1 Å². The summed E-state index contributed by atoms with van der Waals surface area (Å²) in [5.41, 5.74) is 1.16. The molecule has 2 aromatic carbocycles. The van der Waals surface area contributed by atoms with Crippen LogP contribution < -0.4 is 10.1 Å². The first-order chi connectivity index (χ1) is 16.6. The van der Waals surface area contributed by atoms with Crippen LogP contribution in [0.25, 0.3) is 0 Å². The van der Waals surface area contributed by atoms with Crippen LogP contribution in [0.4, 0.5) is 27.6 Å². The SMILES string of the molecule is O=C(Nc1cnn(Cc2ccc(Cl)c(Cl)c2)c1)c1ccc(COc2c(F)c(F)c(F)c(F)c2F)o1. The molecular formula is C22H12Cl2F5N3O3. The maximum atomic E-state index is 13.7. The number of anilines is 1. The van der Waals surface area contributed by atoms with E-state index in [4.69, 9.17) is 32.4 Å². The third-order valence-corrected chi connectivity index (χ3v) is 5.37.